The highest BCUT2D eigenvalue weighted by atomic mass is 32.2. The van der Waals surface area contributed by atoms with Crippen molar-refractivity contribution in [2.24, 2.45) is 0 Å². The Balaban J connectivity index is 1.88. The molecule has 0 amide bonds. The van der Waals surface area contributed by atoms with Crippen LogP contribution in [0.3, 0.4) is 0 Å². The summed E-state index contributed by atoms with van der Waals surface area (Å²) in [6, 6.07) is 17.5. The average molecular weight is 561 g/mol. The number of pyridine rings is 1. The molecule has 0 fully saturated rings. The fourth-order valence-electron chi connectivity index (χ4n) is 4.26. The van der Waals surface area contributed by atoms with Crippen molar-refractivity contribution in [2.45, 2.75) is 42.4 Å². The van der Waals surface area contributed by atoms with Crippen molar-refractivity contribution in [3.05, 3.63) is 100 Å². The van der Waals surface area contributed by atoms with E-state index in [1.165, 1.54) is 48.3 Å². The van der Waals surface area contributed by atoms with E-state index in [2.05, 4.69) is 16.0 Å². The zero-order valence-corrected chi connectivity index (χ0v) is 23.0. The van der Waals surface area contributed by atoms with Crippen molar-refractivity contribution in [1.82, 2.24) is 14.5 Å². The van der Waals surface area contributed by atoms with Gasteiger partial charge in [-0.1, -0.05) is 42.5 Å². The monoisotopic (exact) mass is 560 g/mol. The fraction of sp³-hybridized carbons (Fsp3) is 0.241. The van der Waals surface area contributed by atoms with Gasteiger partial charge < -0.3 is 14.6 Å². The number of benzene rings is 2. The zero-order chi connectivity index (χ0) is 28.9. The predicted molar refractivity (Wildman–Crippen MR) is 146 cm³/mol. The molecule has 10 nitrogen and oxygen atoms in total. The number of hydrogen-bond donors (Lipinski definition) is 1. The Labute approximate surface area is 232 Å². The Morgan fingerprint density at radius 2 is 1.77 bits per heavy atom. The number of nitriles is 1. The molecule has 4 rings (SSSR count). The number of aromatic nitrogens is 3. The predicted octanol–water partition coefficient (Wildman–Crippen LogP) is 3.88. The lowest BCUT2D eigenvalue weighted by Gasteiger charge is -2.24. The summed E-state index contributed by atoms with van der Waals surface area (Å²) < 4.78 is 39.8. The highest BCUT2D eigenvalue weighted by molar-refractivity contribution is 7.91. The van der Waals surface area contributed by atoms with Crippen molar-refractivity contribution in [3.63, 3.8) is 0 Å². The number of sulfone groups is 1. The summed E-state index contributed by atoms with van der Waals surface area (Å²) in [5, 5.41) is 20.2. The van der Waals surface area contributed by atoms with Gasteiger partial charge in [-0.05, 0) is 43.2 Å². The Morgan fingerprint density at radius 1 is 1.07 bits per heavy atom. The van der Waals surface area contributed by atoms with E-state index in [9.17, 15) is 23.6 Å². The molecule has 2 heterocycles. The van der Waals surface area contributed by atoms with E-state index in [4.69, 9.17) is 9.47 Å². The van der Waals surface area contributed by atoms with Gasteiger partial charge in [0.15, 0.2) is 4.90 Å². The molecule has 0 bridgehead atoms. The fourth-order valence-corrected chi connectivity index (χ4v) is 5.60. The number of aromatic hydroxyl groups is 1. The third kappa shape index (κ3) is 5.79. The summed E-state index contributed by atoms with van der Waals surface area (Å²) in [5.74, 6) is -0.868. The third-order valence-corrected chi connectivity index (χ3v) is 7.97. The van der Waals surface area contributed by atoms with Crippen LogP contribution < -0.4 is 5.56 Å². The molecule has 0 radical (unpaired) electrons. The molecule has 11 heteroatoms. The standard InChI is InChI=1S/C29H28N4O6S/c1-19(2)39-18-26-32-28(34)27(29(35)33(26)25(17-38-3)21-7-5-4-6-8-21)40(36,37)23-11-9-20(10-12-23)24-16-31-14-13-22(24)15-30/h4-14,16,19,25,34H,17-18H2,1-3H3. The van der Waals surface area contributed by atoms with Crippen LogP contribution in [0.15, 0.2) is 87.6 Å². The quantitative estimate of drug-likeness (QED) is 0.305. The van der Waals surface area contributed by atoms with Crippen LogP contribution >= 0.6 is 0 Å². The average Bonchev–Trinajstić information content (AvgIpc) is 2.95. The van der Waals surface area contributed by atoms with Crippen LogP contribution in [0.4, 0.5) is 0 Å². The van der Waals surface area contributed by atoms with Crippen molar-refractivity contribution < 1.29 is 23.0 Å². The van der Waals surface area contributed by atoms with Crippen LogP contribution in [0.5, 0.6) is 5.88 Å². The van der Waals surface area contributed by atoms with Gasteiger partial charge in [-0.3, -0.25) is 14.3 Å². The molecule has 0 aliphatic rings. The zero-order valence-electron chi connectivity index (χ0n) is 22.2. The summed E-state index contributed by atoms with van der Waals surface area (Å²) in [6.45, 7) is 3.50. The van der Waals surface area contributed by atoms with Gasteiger partial charge in [0.2, 0.25) is 15.7 Å². The first-order chi connectivity index (χ1) is 19.2. The maximum absolute atomic E-state index is 14.0. The number of hydrogen-bond acceptors (Lipinski definition) is 9. The summed E-state index contributed by atoms with van der Waals surface area (Å²) in [7, 11) is -3.05. The van der Waals surface area contributed by atoms with Gasteiger partial charge in [0, 0.05) is 25.1 Å². The van der Waals surface area contributed by atoms with E-state index < -0.39 is 32.2 Å². The van der Waals surface area contributed by atoms with E-state index in [-0.39, 0.29) is 30.0 Å². The topological polar surface area (TPSA) is 144 Å². The highest BCUT2D eigenvalue weighted by Crippen LogP contribution is 2.30. The van der Waals surface area contributed by atoms with Crippen molar-refractivity contribution in [3.8, 4) is 23.1 Å². The molecule has 4 aromatic rings. The van der Waals surface area contributed by atoms with Crippen LogP contribution in [-0.4, -0.2) is 47.9 Å². The van der Waals surface area contributed by atoms with E-state index in [0.29, 0.717) is 22.3 Å². The first kappa shape index (κ1) is 28.6. The number of nitrogens with zero attached hydrogens (tertiary/aromatic N) is 4. The first-order valence-electron chi connectivity index (χ1n) is 12.4. The largest absolute Gasteiger partial charge is 0.492 e. The maximum atomic E-state index is 14.0. The second-order valence-electron chi connectivity index (χ2n) is 9.16. The summed E-state index contributed by atoms with van der Waals surface area (Å²) in [6.07, 6.45) is 2.78. The van der Waals surface area contributed by atoms with Crippen molar-refractivity contribution in [2.75, 3.05) is 13.7 Å². The Morgan fingerprint density at radius 3 is 2.40 bits per heavy atom. The molecule has 0 saturated carbocycles. The third-order valence-electron chi connectivity index (χ3n) is 6.18. The van der Waals surface area contributed by atoms with Crippen LogP contribution in [0.2, 0.25) is 0 Å². The minimum Gasteiger partial charge on any atom is -0.492 e. The second kappa shape index (κ2) is 12.2. The number of rotatable bonds is 10. The SMILES string of the molecule is COCC(c1ccccc1)n1c(COC(C)C)nc(O)c(S(=O)(=O)c2ccc(-c3cnccc3C#N)cc2)c1=O. The number of methoxy groups -OCH3 is 1. The Hall–Kier alpha value is -4.37. The second-order valence-corrected chi connectivity index (χ2v) is 11.0. The van der Waals surface area contributed by atoms with Crippen molar-refractivity contribution in [1.29, 1.82) is 5.26 Å². The molecule has 206 valence electrons. The molecule has 0 aliphatic heterocycles. The van der Waals surface area contributed by atoms with Gasteiger partial charge in [0.05, 0.1) is 35.3 Å². The smallest absolute Gasteiger partial charge is 0.277 e. The summed E-state index contributed by atoms with van der Waals surface area (Å²) >= 11 is 0. The maximum Gasteiger partial charge on any atom is 0.277 e. The Bertz CT molecular complexity index is 1700. The van der Waals surface area contributed by atoms with Gasteiger partial charge >= 0.3 is 0 Å². The molecular formula is C29H28N4O6S. The lowest BCUT2D eigenvalue weighted by molar-refractivity contribution is 0.0557. The molecule has 1 unspecified atom stereocenters. The molecule has 0 spiro atoms. The molecule has 0 saturated heterocycles. The van der Waals surface area contributed by atoms with E-state index in [1.54, 1.807) is 44.2 Å². The highest BCUT2D eigenvalue weighted by Gasteiger charge is 2.32. The lowest BCUT2D eigenvalue weighted by Crippen LogP contribution is -2.35. The van der Waals surface area contributed by atoms with Gasteiger partial charge in [0.25, 0.3) is 5.56 Å². The van der Waals surface area contributed by atoms with Crippen LogP contribution in [0.25, 0.3) is 11.1 Å². The van der Waals surface area contributed by atoms with Crippen molar-refractivity contribution >= 4 is 9.84 Å². The van der Waals surface area contributed by atoms with E-state index >= 15 is 0 Å². The molecular weight excluding hydrogens is 532 g/mol. The summed E-state index contributed by atoms with van der Waals surface area (Å²) in [4.78, 5) is 21.0. The van der Waals surface area contributed by atoms with Gasteiger partial charge in [-0.25, -0.2) is 8.42 Å². The van der Waals surface area contributed by atoms with Gasteiger partial charge in [-0.2, -0.15) is 10.2 Å². The Kier molecular flexibility index (Phi) is 8.74. The minimum absolute atomic E-state index is 0.0333. The number of ether oxygens (including phenoxy) is 2. The van der Waals surface area contributed by atoms with Gasteiger partial charge in [0.1, 0.15) is 12.4 Å². The van der Waals surface area contributed by atoms with Crippen LogP contribution in [0, 0.1) is 11.3 Å². The summed E-state index contributed by atoms with van der Waals surface area (Å²) in [5.41, 5.74) is 1.19. The molecule has 2 aromatic carbocycles. The van der Waals surface area contributed by atoms with Crippen LogP contribution in [-0.2, 0) is 25.9 Å². The lowest BCUT2D eigenvalue weighted by atomic mass is 10.0. The molecule has 1 N–H and O–H groups in total. The van der Waals surface area contributed by atoms with E-state index in [0.717, 1.165) is 0 Å². The molecule has 40 heavy (non-hydrogen) atoms. The molecule has 2 aromatic heterocycles. The van der Waals surface area contributed by atoms with Crippen LogP contribution in [0.1, 0.15) is 36.8 Å². The molecule has 0 aliphatic carbocycles. The normalized spacial score (nSPS) is 12.3. The first-order valence-corrected chi connectivity index (χ1v) is 13.9. The van der Waals surface area contributed by atoms with Gasteiger partial charge in [-0.15, -0.1) is 0 Å². The molecule has 1 atom stereocenters. The van der Waals surface area contributed by atoms with E-state index in [1.807, 2.05) is 6.07 Å². The minimum atomic E-state index is -4.52.